The van der Waals surface area contributed by atoms with Gasteiger partial charge in [-0.2, -0.15) is 0 Å². The highest BCUT2D eigenvalue weighted by atomic mass is 15.2. The van der Waals surface area contributed by atoms with Crippen molar-refractivity contribution in [3.05, 3.63) is 11.9 Å². The minimum Gasteiger partial charge on any atom is -0.373 e. The van der Waals surface area contributed by atoms with Crippen molar-refractivity contribution in [3.8, 4) is 0 Å². The highest BCUT2D eigenvalue weighted by Gasteiger charge is 2.22. The van der Waals surface area contributed by atoms with Gasteiger partial charge in [0.25, 0.3) is 0 Å². The van der Waals surface area contributed by atoms with Crippen LogP contribution in [0, 0.1) is 6.92 Å². The Morgan fingerprint density at radius 1 is 1.39 bits per heavy atom. The second kappa shape index (κ2) is 5.52. The monoisotopic (exact) mass is 249 g/mol. The molecule has 1 N–H and O–H groups in total. The van der Waals surface area contributed by atoms with Crippen LogP contribution in [-0.2, 0) is 0 Å². The molecule has 0 amide bonds. The summed E-state index contributed by atoms with van der Waals surface area (Å²) >= 11 is 0. The largest absolute Gasteiger partial charge is 0.373 e. The molecule has 0 aliphatic carbocycles. The van der Waals surface area contributed by atoms with Crippen molar-refractivity contribution in [2.75, 3.05) is 44.4 Å². The average molecular weight is 249 g/mol. The maximum atomic E-state index is 4.56. The summed E-state index contributed by atoms with van der Waals surface area (Å²) in [5, 5.41) is 3.09. The van der Waals surface area contributed by atoms with Crippen LogP contribution in [0.1, 0.15) is 18.7 Å². The molecule has 0 aromatic carbocycles. The molecule has 0 radical (unpaired) electrons. The fourth-order valence-electron chi connectivity index (χ4n) is 2.43. The molecular weight excluding hydrogens is 226 g/mol. The molecule has 0 bridgehead atoms. The average Bonchev–Trinajstić information content (AvgIpc) is 2.38. The Bertz CT molecular complexity index is 404. The van der Waals surface area contributed by atoms with Crippen molar-refractivity contribution >= 4 is 11.6 Å². The lowest BCUT2D eigenvalue weighted by atomic mass is 10.1. The molecule has 100 valence electrons. The number of aryl methyl sites for hydroxylation is 1. The van der Waals surface area contributed by atoms with Crippen molar-refractivity contribution in [2.45, 2.75) is 25.8 Å². The quantitative estimate of drug-likeness (QED) is 0.876. The van der Waals surface area contributed by atoms with Gasteiger partial charge in [-0.05, 0) is 33.9 Å². The number of anilines is 2. The molecule has 1 aromatic heterocycles. The third-order valence-electron chi connectivity index (χ3n) is 3.53. The summed E-state index contributed by atoms with van der Waals surface area (Å²) in [6.45, 7) is 4.08. The molecule has 5 nitrogen and oxygen atoms in total. The van der Waals surface area contributed by atoms with Gasteiger partial charge >= 0.3 is 0 Å². The number of aromatic nitrogens is 2. The topological polar surface area (TPSA) is 44.3 Å². The fraction of sp³-hybridized carbons (Fsp3) is 0.692. The summed E-state index contributed by atoms with van der Waals surface area (Å²) in [6, 6.07) is 2.65. The Kier molecular flexibility index (Phi) is 4.01. The van der Waals surface area contributed by atoms with E-state index >= 15 is 0 Å². The van der Waals surface area contributed by atoms with Crippen molar-refractivity contribution < 1.29 is 0 Å². The molecule has 0 spiro atoms. The van der Waals surface area contributed by atoms with Crippen molar-refractivity contribution in [1.82, 2.24) is 14.9 Å². The van der Waals surface area contributed by atoms with Crippen molar-refractivity contribution in [2.24, 2.45) is 0 Å². The minimum absolute atomic E-state index is 0.618. The zero-order valence-electron chi connectivity index (χ0n) is 11.8. The first-order chi connectivity index (χ1) is 8.60. The van der Waals surface area contributed by atoms with Crippen LogP contribution in [0.5, 0.6) is 0 Å². The van der Waals surface area contributed by atoms with Crippen LogP contribution in [0.15, 0.2) is 6.07 Å². The highest BCUT2D eigenvalue weighted by molar-refractivity contribution is 5.49. The third-order valence-corrected chi connectivity index (χ3v) is 3.53. The molecule has 1 unspecified atom stereocenters. The van der Waals surface area contributed by atoms with E-state index in [0.717, 1.165) is 30.5 Å². The third kappa shape index (κ3) is 2.90. The standard InChI is InChI=1S/C13H23N5/c1-10-15-12(14-2)8-13(16-10)18-7-5-6-11(9-18)17(3)4/h8,11H,5-7,9H2,1-4H3,(H,14,15,16). The van der Waals surface area contributed by atoms with Gasteiger partial charge in [0, 0.05) is 32.2 Å². The summed E-state index contributed by atoms with van der Waals surface area (Å²) in [5.41, 5.74) is 0. The summed E-state index contributed by atoms with van der Waals surface area (Å²) < 4.78 is 0. The summed E-state index contributed by atoms with van der Waals surface area (Å²) in [4.78, 5) is 13.6. The van der Waals surface area contributed by atoms with Crippen LogP contribution in [0.4, 0.5) is 11.6 Å². The number of nitrogens with one attached hydrogen (secondary N) is 1. The molecule has 1 aromatic rings. The number of hydrogen-bond acceptors (Lipinski definition) is 5. The van der Waals surface area contributed by atoms with Crippen LogP contribution in [0.3, 0.4) is 0 Å². The highest BCUT2D eigenvalue weighted by Crippen LogP contribution is 2.21. The Hall–Kier alpha value is -1.36. The minimum atomic E-state index is 0.618. The van der Waals surface area contributed by atoms with Crippen LogP contribution in [-0.4, -0.2) is 55.1 Å². The fourth-order valence-corrected chi connectivity index (χ4v) is 2.43. The van der Waals surface area contributed by atoms with Crippen LogP contribution in [0.25, 0.3) is 0 Å². The predicted octanol–water partition coefficient (Wildman–Crippen LogP) is 1.36. The number of likely N-dealkylation sites (N-methyl/N-ethyl adjacent to an activating group) is 1. The van der Waals surface area contributed by atoms with Gasteiger partial charge in [-0.1, -0.05) is 0 Å². The number of hydrogen-bond donors (Lipinski definition) is 1. The smallest absolute Gasteiger partial charge is 0.134 e. The molecule has 5 heteroatoms. The van der Waals surface area contributed by atoms with E-state index < -0.39 is 0 Å². The second-order valence-electron chi connectivity index (χ2n) is 5.11. The molecule has 18 heavy (non-hydrogen) atoms. The Labute approximate surface area is 109 Å². The zero-order valence-corrected chi connectivity index (χ0v) is 11.8. The van der Waals surface area contributed by atoms with Crippen molar-refractivity contribution in [1.29, 1.82) is 0 Å². The Balaban J connectivity index is 2.17. The van der Waals surface area contributed by atoms with E-state index in [9.17, 15) is 0 Å². The molecule has 2 heterocycles. The SMILES string of the molecule is CNc1cc(N2CCCC(N(C)C)C2)nc(C)n1. The van der Waals surface area contributed by atoms with Gasteiger partial charge in [0.05, 0.1) is 0 Å². The van der Waals surface area contributed by atoms with Gasteiger partial charge in [0.15, 0.2) is 0 Å². The van der Waals surface area contributed by atoms with Gasteiger partial charge in [0.1, 0.15) is 17.5 Å². The first kappa shape index (κ1) is 13.1. The van der Waals surface area contributed by atoms with Gasteiger partial charge in [-0.3, -0.25) is 0 Å². The van der Waals surface area contributed by atoms with E-state index in [1.165, 1.54) is 12.8 Å². The van der Waals surface area contributed by atoms with E-state index in [1.54, 1.807) is 0 Å². The molecule has 0 saturated carbocycles. The lowest BCUT2D eigenvalue weighted by Crippen LogP contribution is -2.45. The molecule has 1 aliphatic rings. The second-order valence-corrected chi connectivity index (χ2v) is 5.11. The summed E-state index contributed by atoms with van der Waals surface area (Å²) in [6.07, 6.45) is 2.49. The van der Waals surface area contributed by atoms with E-state index in [-0.39, 0.29) is 0 Å². The molecule has 2 rings (SSSR count). The lowest BCUT2D eigenvalue weighted by molar-refractivity contribution is 0.257. The zero-order chi connectivity index (χ0) is 13.1. The number of piperidine rings is 1. The predicted molar refractivity (Wildman–Crippen MR) is 75.2 cm³/mol. The van der Waals surface area contributed by atoms with E-state index in [4.69, 9.17) is 0 Å². The lowest BCUT2D eigenvalue weighted by Gasteiger charge is -2.36. The van der Waals surface area contributed by atoms with Crippen molar-refractivity contribution in [3.63, 3.8) is 0 Å². The number of nitrogens with zero attached hydrogens (tertiary/aromatic N) is 4. The van der Waals surface area contributed by atoms with Gasteiger partial charge in [0.2, 0.25) is 0 Å². The van der Waals surface area contributed by atoms with Crippen LogP contribution in [0.2, 0.25) is 0 Å². The van der Waals surface area contributed by atoms with Gasteiger partial charge < -0.3 is 15.1 Å². The normalized spacial score (nSPS) is 20.3. The maximum absolute atomic E-state index is 4.56. The molecule has 1 saturated heterocycles. The molecule has 1 fully saturated rings. The molecule has 1 aliphatic heterocycles. The number of rotatable bonds is 3. The Morgan fingerprint density at radius 3 is 2.83 bits per heavy atom. The molecular formula is C13H23N5. The maximum Gasteiger partial charge on any atom is 0.134 e. The summed E-state index contributed by atoms with van der Waals surface area (Å²) in [7, 11) is 6.20. The van der Waals surface area contributed by atoms with E-state index in [2.05, 4.69) is 39.2 Å². The van der Waals surface area contributed by atoms with E-state index in [1.807, 2.05) is 20.0 Å². The molecule has 1 atom stereocenters. The van der Waals surface area contributed by atoms with Crippen LogP contribution >= 0.6 is 0 Å². The first-order valence-corrected chi connectivity index (χ1v) is 6.55. The first-order valence-electron chi connectivity index (χ1n) is 6.55. The van der Waals surface area contributed by atoms with E-state index in [0.29, 0.717) is 6.04 Å². The van der Waals surface area contributed by atoms with Gasteiger partial charge in [-0.25, -0.2) is 9.97 Å². The Morgan fingerprint density at radius 2 is 2.17 bits per heavy atom. The van der Waals surface area contributed by atoms with Crippen LogP contribution < -0.4 is 10.2 Å². The van der Waals surface area contributed by atoms with Gasteiger partial charge in [-0.15, -0.1) is 0 Å². The summed E-state index contributed by atoms with van der Waals surface area (Å²) in [5.74, 6) is 2.76.